The highest BCUT2D eigenvalue weighted by atomic mass is 19.3. The van der Waals surface area contributed by atoms with E-state index in [-0.39, 0.29) is 0 Å². The number of alkyl halides is 2. The summed E-state index contributed by atoms with van der Waals surface area (Å²) in [6.07, 6.45) is -2.51. The molecule has 0 aliphatic rings. The van der Waals surface area contributed by atoms with E-state index in [1.165, 1.54) is 0 Å². The molecule has 0 fully saturated rings. The Morgan fingerprint density at radius 1 is 1.55 bits per heavy atom. The van der Waals surface area contributed by atoms with Crippen molar-refractivity contribution in [2.75, 3.05) is 0 Å². The van der Waals surface area contributed by atoms with Crippen LogP contribution in [0.15, 0.2) is 0 Å². The Labute approximate surface area is 64.5 Å². The number of carbonyl (C=O) groups excluding carboxylic acids is 1. The minimum atomic E-state index is -3.03. The Morgan fingerprint density at radius 3 is 2.27 bits per heavy atom. The molecule has 2 nitrogen and oxygen atoms in total. The van der Waals surface area contributed by atoms with Crippen molar-refractivity contribution < 1.29 is 18.3 Å². The lowest BCUT2D eigenvalue weighted by Crippen LogP contribution is -2.30. The van der Waals surface area contributed by atoms with Gasteiger partial charge in [-0.2, -0.15) is 8.78 Å². The van der Waals surface area contributed by atoms with Gasteiger partial charge >= 0.3 is 12.4 Å². The molecule has 0 saturated carbocycles. The van der Waals surface area contributed by atoms with Crippen LogP contribution < -0.4 is 0 Å². The van der Waals surface area contributed by atoms with E-state index in [2.05, 4.69) is 4.74 Å². The quantitative estimate of drug-likeness (QED) is 0.599. The predicted molar refractivity (Wildman–Crippen MR) is 36.5 cm³/mol. The number of hydrogen-bond donors (Lipinski definition) is 0. The summed E-state index contributed by atoms with van der Waals surface area (Å²) in [4.78, 5) is 10.3. The van der Waals surface area contributed by atoms with E-state index in [1.807, 2.05) is 0 Å². The maximum atomic E-state index is 11.6. The second kappa shape index (κ2) is 3.64. The topological polar surface area (TPSA) is 26.3 Å². The van der Waals surface area contributed by atoms with Crippen LogP contribution >= 0.6 is 0 Å². The molecule has 0 amide bonds. The van der Waals surface area contributed by atoms with Gasteiger partial charge in [-0.3, -0.25) is 0 Å². The fraction of sp³-hybridized carbons (Fsp3) is 0.857. The van der Waals surface area contributed by atoms with Crippen LogP contribution in [0.1, 0.15) is 27.2 Å². The minimum Gasteiger partial charge on any atom is -0.455 e. The standard InChI is InChI=1S/C7H12F2O2/c1-4-7(2,3)11-6(10)5(8)9/h5H,4H2,1-3H3. The lowest BCUT2D eigenvalue weighted by atomic mass is 10.1. The Bertz CT molecular complexity index is 143. The fourth-order valence-corrected chi connectivity index (χ4v) is 0.389. The zero-order valence-corrected chi connectivity index (χ0v) is 6.86. The molecule has 0 atom stereocenters. The Kier molecular flexibility index (Phi) is 3.42. The van der Waals surface area contributed by atoms with Gasteiger partial charge in [0, 0.05) is 0 Å². The van der Waals surface area contributed by atoms with Crippen LogP contribution in [0.4, 0.5) is 8.78 Å². The van der Waals surface area contributed by atoms with Crippen LogP contribution in [0.5, 0.6) is 0 Å². The molecule has 0 bridgehead atoms. The highest BCUT2D eigenvalue weighted by molar-refractivity contribution is 5.73. The third-order valence-electron chi connectivity index (χ3n) is 1.41. The van der Waals surface area contributed by atoms with Crippen LogP contribution in [0, 0.1) is 0 Å². The van der Waals surface area contributed by atoms with Crippen molar-refractivity contribution in [3.63, 3.8) is 0 Å². The van der Waals surface area contributed by atoms with Crippen molar-refractivity contribution in [1.82, 2.24) is 0 Å². The van der Waals surface area contributed by atoms with Gasteiger partial charge in [-0.25, -0.2) is 4.79 Å². The van der Waals surface area contributed by atoms with E-state index in [9.17, 15) is 13.6 Å². The molecule has 0 aromatic heterocycles. The van der Waals surface area contributed by atoms with E-state index in [0.29, 0.717) is 6.42 Å². The largest absolute Gasteiger partial charge is 0.455 e. The number of hydrogen-bond acceptors (Lipinski definition) is 2. The first-order valence-corrected chi connectivity index (χ1v) is 3.40. The smallest absolute Gasteiger partial charge is 0.374 e. The summed E-state index contributed by atoms with van der Waals surface area (Å²) in [5, 5.41) is 0. The molecule has 0 rings (SSSR count). The third kappa shape index (κ3) is 3.91. The zero-order valence-electron chi connectivity index (χ0n) is 6.86. The number of rotatable bonds is 3. The molecule has 0 unspecified atom stereocenters. The van der Waals surface area contributed by atoms with Gasteiger partial charge in [-0.15, -0.1) is 0 Å². The van der Waals surface area contributed by atoms with Crippen LogP contribution in [0.3, 0.4) is 0 Å². The third-order valence-corrected chi connectivity index (χ3v) is 1.41. The van der Waals surface area contributed by atoms with Crippen molar-refractivity contribution in [1.29, 1.82) is 0 Å². The van der Waals surface area contributed by atoms with E-state index in [4.69, 9.17) is 0 Å². The molecular weight excluding hydrogens is 154 g/mol. The van der Waals surface area contributed by atoms with Gasteiger partial charge in [-0.05, 0) is 20.3 Å². The monoisotopic (exact) mass is 166 g/mol. The van der Waals surface area contributed by atoms with Gasteiger partial charge < -0.3 is 4.74 Å². The van der Waals surface area contributed by atoms with Crippen molar-refractivity contribution >= 4 is 5.97 Å². The second-order valence-corrected chi connectivity index (χ2v) is 2.84. The van der Waals surface area contributed by atoms with Gasteiger partial charge in [-0.1, -0.05) is 6.92 Å². The SMILES string of the molecule is CCC(C)(C)OC(=O)C(F)F. The van der Waals surface area contributed by atoms with E-state index in [0.717, 1.165) is 0 Å². The molecule has 0 aromatic carbocycles. The Balaban J connectivity index is 3.94. The predicted octanol–water partition coefficient (Wildman–Crippen LogP) is 1.98. The first-order chi connectivity index (χ1) is 4.89. The van der Waals surface area contributed by atoms with E-state index in [1.54, 1.807) is 20.8 Å². The molecular formula is C7H12F2O2. The summed E-state index contributed by atoms with van der Waals surface area (Å²) in [7, 11) is 0. The molecule has 0 spiro atoms. The van der Waals surface area contributed by atoms with Crippen molar-refractivity contribution in [2.24, 2.45) is 0 Å². The van der Waals surface area contributed by atoms with Crippen molar-refractivity contribution in [3.05, 3.63) is 0 Å². The molecule has 11 heavy (non-hydrogen) atoms. The molecule has 0 aliphatic heterocycles. The van der Waals surface area contributed by atoms with Crippen molar-refractivity contribution in [3.8, 4) is 0 Å². The van der Waals surface area contributed by atoms with Crippen molar-refractivity contribution in [2.45, 2.75) is 39.2 Å². The number of carbonyl (C=O) groups is 1. The average molecular weight is 166 g/mol. The molecule has 0 aromatic rings. The summed E-state index contributed by atoms with van der Waals surface area (Å²) < 4.78 is 27.7. The zero-order chi connectivity index (χ0) is 9.07. The van der Waals surface area contributed by atoms with E-state index < -0.39 is 18.0 Å². The summed E-state index contributed by atoms with van der Waals surface area (Å²) in [5.41, 5.74) is -0.784. The lowest BCUT2D eigenvalue weighted by molar-refractivity contribution is -0.169. The van der Waals surface area contributed by atoms with Gasteiger partial charge in [0.15, 0.2) is 0 Å². The van der Waals surface area contributed by atoms with Gasteiger partial charge in [0.25, 0.3) is 0 Å². The average Bonchev–Trinajstić information content (AvgIpc) is 1.87. The van der Waals surface area contributed by atoms with Crippen LogP contribution in [0.2, 0.25) is 0 Å². The first-order valence-electron chi connectivity index (χ1n) is 3.40. The van der Waals surface area contributed by atoms with Crippen LogP contribution in [0.25, 0.3) is 0 Å². The van der Waals surface area contributed by atoms with Gasteiger partial charge in [0.1, 0.15) is 5.60 Å². The van der Waals surface area contributed by atoms with Crippen LogP contribution in [-0.2, 0) is 9.53 Å². The van der Waals surface area contributed by atoms with Gasteiger partial charge in [0.05, 0.1) is 0 Å². The maximum Gasteiger partial charge on any atom is 0.374 e. The summed E-state index contributed by atoms with van der Waals surface area (Å²) >= 11 is 0. The van der Waals surface area contributed by atoms with Gasteiger partial charge in [0.2, 0.25) is 0 Å². The molecule has 0 radical (unpaired) electrons. The fourth-order valence-electron chi connectivity index (χ4n) is 0.389. The highest BCUT2D eigenvalue weighted by Gasteiger charge is 2.25. The summed E-state index contributed by atoms with van der Waals surface area (Å²) in [5.74, 6) is -1.45. The summed E-state index contributed by atoms with van der Waals surface area (Å²) in [6, 6.07) is 0. The molecule has 4 heteroatoms. The molecule has 0 saturated heterocycles. The first kappa shape index (κ1) is 10.3. The number of ether oxygens (including phenoxy) is 1. The van der Waals surface area contributed by atoms with E-state index >= 15 is 0 Å². The highest BCUT2D eigenvalue weighted by Crippen LogP contribution is 2.15. The lowest BCUT2D eigenvalue weighted by Gasteiger charge is -2.22. The van der Waals surface area contributed by atoms with Crippen LogP contribution in [-0.4, -0.2) is 18.0 Å². The number of halogens is 2. The Hall–Kier alpha value is -0.670. The normalized spacial score (nSPS) is 11.8. The molecule has 66 valence electrons. The second-order valence-electron chi connectivity index (χ2n) is 2.84. The number of esters is 1. The maximum absolute atomic E-state index is 11.6. The molecule has 0 aliphatic carbocycles. The minimum absolute atomic E-state index is 0.519. The Morgan fingerprint density at radius 2 is 2.00 bits per heavy atom. The summed E-state index contributed by atoms with van der Waals surface area (Å²) in [6.45, 7) is 4.94. The molecule has 0 heterocycles. The molecule has 0 N–H and O–H groups in total.